The molecule has 0 aromatic heterocycles. The second-order valence-corrected chi connectivity index (χ2v) is 6.17. The van der Waals surface area contributed by atoms with Crippen LogP contribution < -0.4 is 4.74 Å². The third-order valence-corrected chi connectivity index (χ3v) is 3.97. The van der Waals surface area contributed by atoms with Gasteiger partial charge in [-0.15, -0.1) is 11.6 Å². The van der Waals surface area contributed by atoms with E-state index in [1.807, 2.05) is 6.07 Å². The van der Waals surface area contributed by atoms with Crippen molar-refractivity contribution < 1.29 is 4.74 Å². The van der Waals surface area contributed by atoms with Gasteiger partial charge in [-0.25, -0.2) is 0 Å². The van der Waals surface area contributed by atoms with Crippen LogP contribution in [0.25, 0.3) is 10.8 Å². The van der Waals surface area contributed by atoms with Gasteiger partial charge in [-0.05, 0) is 53.8 Å². The molecule has 0 saturated heterocycles. The minimum absolute atomic E-state index is 0.619. The molecule has 0 aliphatic carbocycles. The highest BCUT2D eigenvalue weighted by atomic mass is 79.9. The topological polar surface area (TPSA) is 9.23 Å². The number of hydrogen-bond acceptors (Lipinski definition) is 1. The van der Waals surface area contributed by atoms with Gasteiger partial charge in [0, 0.05) is 10.4 Å². The first-order valence-corrected chi connectivity index (χ1v) is 7.90. The summed E-state index contributed by atoms with van der Waals surface area (Å²) in [7, 11) is 0. The Morgan fingerprint density at radius 1 is 1.11 bits per heavy atom. The molecule has 0 heterocycles. The van der Waals surface area contributed by atoms with Crippen molar-refractivity contribution in [3.05, 3.63) is 40.9 Å². The average molecular weight is 342 g/mol. The molecule has 0 aliphatic heterocycles. The number of ether oxygens (including phenoxy) is 1. The fraction of sp³-hybridized carbons (Fsp3) is 0.375. The summed E-state index contributed by atoms with van der Waals surface area (Å²) in [5, 5.41) is 2.42. The molecule has 1 nitrogen and oxygen atoms in total. The molecule has 2 rings (SSSR count). The van der Waals surface area contributed by atoms with Gasteiger partial charge in [-0.3, -0.25) is 0 Å². The van der Waals surface area contributed by atoms with Crippen LogP contribution in [-0.2, 0) is 0 Å². The van der Waals surface area contributed by atoms with Gasteiger partial charge in [0.05, 0.1) is 6.61 Å². The van der Waals surface area contributed by atoms with Crippen LogP contribution >= 0.6 is 27.5 Å². The number of halogens is 2. The predicted octanol–water partition coefficient (Wildman–Crippen LogP) is 5.64. The van der Waals surface area contributed by atoms with Crippen LogP contribution in [0.1, 0.15) is 19.8 Å². The number of alkyl halides is 1. The van der Waals surface area contributed by atoms with E-state index in [-0.39, 0.29) is 0 Å². The molecule has 2 aromatic carbocycles. The summed E-state index contributed by atoms with van der Waals surface area (Å²) in [6.45, 7) is 2.96. The fourth-order valence-electron chi connectivity index (χ4n) is 1.99. The molecule has 0 radical (unpaired) electrons. The number of hydrogen-bond donors (Lipinski definition) is 0. The van der Waals surface area contributed by atoms with Crippen molar-refractivity contribution >= 4 is 38.3 Å². The monoisotopic (exact) mass is 340 g/mol. The molecule has 0 saturated carbocycles. The highest BCUT2D eigenvalue weighted by molar-refractivity contribution is 9.10. The van der Waals surface area contributed by atoms with Gasteiger partial charge in [0.1, 0.15) is 5.75 Å². The van der Waals surface area contributed by atoms with Crippen LogP contribution in [0.15, 0.2) is 40.9 Å². The van der Waals surface area contributed by atoms with E-state index < -0.39 is 0 Å². The first-order chi connectivity index (χ1) is 9.19. The molecular weight excluding hydrogens is 324 g/mol. The van der Waals surface area contributed by atoms with Crippen molar-refractivity contribution in [3.63, 3.8) is 0 Å². The van der Waals surface area contributed by atoms with Crippen molar-refractivity contribution in [1.82, 2.24) is 0 Å². The minimum atomic E-state index is 0.619. The normalized spacial score (nSPS) is 12.6. The third kappa shape index (κ3) is 4.39. The lowest BCUT2D eigenvalue weighted by molar-refractivity contribution is 0.282. The van der Waals surface area contributed by atoms with Crippen molar-refractivity contribution in [2.45, 2.75) is 19.8 Å². The zero-order chi connectivity index (χ0) is 13.7. The van der Waals surface area contributed by atoms with Crippen LogP contribution in [0.3, 0.4) is 0 Å². The van der Waals surface area contributed by atoms with E-state index >= 15 is 0 Å². The van der Waals surface area contributed by atoms with Crippen LogP contribution in [0, 0.1) is 5.92 Å². The van der Waals surface area contributed by atoms with Gasteiger partial charge >= 0.3 is 0 Å². The summed E-state index contributed by atoms with van der Waals surface area (Å²) in [4.78, 5) is 0. The molecule has 0 amide bonds. The average Bonchev–Trinajstić information content (AvgIpc) is 2.39. The second-order valence-electron chi connectivity index (χ2n) is 4.87. The van der Waals surface area contributed by atoms with Crippen LogP contribution in [-0.4, -0.2) is 12.5 Å². The zero-order valence-electron chi connectivity index (χ0n) is 11.0. The number of benzene rings is 2. The van der Waals surface area contributed by atoms with E-state index in [9.17, 15) is 0 Å². The first kappa shape index (κ1) is 14.7. The van der Waals surface area contributed by atoms with Gasteiger partial charge in [0.25, 0.3) is 0 Å². The maximum absolute atomic E-state index is 5.81. The lowest BCUT2D eigenvalue weighted by atomic mass is 10.1. The summed E-state index contributed by atoms with van der Waals surface area (Å²) >= 11 is 9.21. The Hall–Kier alpha value is -0.730. The minimum Gasteiger partial charge on any atom is -0.494 e. The summed E-state index contributed by atoms with van der Waals surface area (Å²) < 4.78 is 6.91. The number of fused-ring (bicyclic) bond motifs is 1. The molecule has 0 N–H and O–H groups in total. The fourth-order valence-corrected chi connectivity index (χ4v) is 2.74. The zero-order valence-corrected chi connectivity index (χ0v) is 13.4. The number of rotatable bonds is 6. The Kier molecular flexibility index (Phi) is 5.53. The molecule has 102 valence electrons. The van der Waals surface area contributed by atoms with Gasteiger partial charge < -0.3 is 4.74 Å². The predicted molar refractivity (Wildman–Crippen MR) is 86.3 cm³/mol. The molecule has 1 unspecified atom stereocenters. The summed E-state index contributed by atoms with van der Waals surface area (Å²) in [6, 6.07) is 12.5. The van der Waals surface area contributed by atoms with Crippen molar-refractivity contribution in [3.8, 4) is 5.75 Å². The Balaban J connectivity index is 1.96. The smallest absolute Gasteiger partial charge is 0.119 e. The maximum Gasteiger partial charge on any atom is 0.119 e. The lowest BCUT2D eigenvalue weighted by Crippen LogP contribution is -2.04. The molecule has 19 heavy (non-hydrogen) atoms. The van der Waals surface area contributed by atoms with E-state index in [2.05, 4.69) is 53.2 Å². The highest BCUT2D eigenvalue weighted by Gasteiger charge is 2.02. The van der Waals surface area contributed by atoms with Crippen molar-refractivity contribution in [2.24, 2.45) is 5.92 Å². The molecule has 0 fully saturated rings. The molecule has 0 bridgehead atoms. The van der Waals surface area contributed by atoms with Gasteiger partial charge in [-0.2, -0.15) is 0 Å². The van der Waals surface area contributed by atoms with E-state index in [4.69, 9.17) is 16.3 Å². The summed E-state index contributed by atoms with van der Waals surface area (Å²) in [5.41, 5.74) is 0. The maximum atomic E-state index is 5.81. The quantitative estimate of drug-likeness (QED) is 0.618. The van der Waals surface area contributed by atoms with E-state index in [0.29, 0.717) is 5.92 Å². The largest absolute Gasteiger partial charge is 0.494 e. The van der Waals surface area contributed by atoms with E-state index in [0.717, 1.165) is 35.6 Å². The molecule has 1 atom stereocenters. The van der Waals surface area contributed by atoms with Crippen molar-refractivity contribution in [2.75, 3.05) is 12.5 Å². The third-order valence-electron chi connectivity index (χ3n) is 3.26. The van der Waals surface area contributed by atoms with Crippen molar-refractivity contribution in [1.29, 1.82) is 0 Å². The van der Waals surface area contributed by atoms with Crippen LogP contribution in [0.2, 0.25) is 0 Å². The highest BCUT2D eigenvalue weighted by Crippen LogP contribution is 2.24. The molecule has 3 heteroatoms. The van der Waals surface area contributed by atoms with E-state index in [1.165, 1.54) is 10.8 Å². The Morgan fingerprint density at radius 3 is 2.63 bits per heavy atom. The van der Waals surface area contributed by atoms with Gasteiger partial charge in [0.2, 0.25) is 0 Å². The molecule has 0 spiro atoms. The van der Waals surface area contributed by atoms with Crippen LogP contribution in [0.5, 0.6) is 5.75 Å². The molecular formula is C16H18BrClO. The SMILES string of the molecule is CC(CCCl)CCOc1ccc2cc(Br)ccc2c1. The van der Waals surface area contributed by atoms with Gasteiger partial charge in [-0.1, -0.05) is 35.0 Å². The van der Waals surface area contributed by atoms with Crippen LogP contribution in [0.4, 0.5) is 0 Å². The summed E-state index contributed by atoms with van der Waals surface area (Å²) in [6.07, 6.45) is 2.10. The Bertz CT molecular complexity index is 541. The second kappa shape index (κ2) is 7.16. The first-order valence-electron chi connectivity index (χ1n) is 6.57. The standard InChI is InChI=1S/C16H18BrClO/c1-12(6-8-18)7-9-19-16-5-3-13-10-15(17)4-2-14(13)11-16/h2-5,10-12H,6-9H2,1H3. The van der Waals surface area contributed by atoms with E-state index in [1.54, 1.807) is 0 Å². The molecule has 2 aromatic rings. The van der Waals surface area contributed by atoms with Gasteiger partial charge in [0.15, 0.2) is 0 Å². The lowest BCUT2D eigenvalue weighted by Gasteiger charge is -2.11. The summed E-state index contributed by atoms with van der Waals surface area (Å²) in [5.74, 6) is 2.29. The Labute approximate surface area is 128 Å². The Morgan fingerprint density at radius 2 is 1.84 bits per heavy atom. The molecule has 0 aliphatic rings.